The summed E-state index contributed by atoms with van der Waals surface area (Å²) >= 11 is 21.4. The third-order valence-corrected chi connectivity index (χ3v) is 4.41. The van der Waals surface area contributed by atoms with Crippen LogP contribution >= 0.6 is 50.7 Å². The van der Waals surface area contributed by atoms with Gasteiger partial charge in [-0.25, -0.2) is 4.39 Å². The average molecular weight is 383 g/mol. The van der Waals surface area contributed by atoms with E-state index in [9.17, 15) is 4.39 Å². The van der Waals surface area contributed by atoms with Crippen LogP contribution in [-0.4, -0.2) is 0 Å². The molecule has 2 aromatic carbocycles. The molecule has 0 heterocycles. The predicted octanol–water partition coefficient (Wildman–Crippen LogP) is 6.16. The van der Waals surface area contributed by atoms with Gasteiger partial charge in [0.1, 0.15) is 5.82 Å². The van der Waals surface area contributed by atoms with E-state index in [4.69, 9.17) is 34.8 Å². The Bertz CT molecular complexity index is 619. The summed E-state index contributed by atoms with van der Waals surface area (Å²) in [6.45, 7) is 0.348. The summed E-state index contributed by atoms with van der Waals surface area (Å²) in [6.07, 6.45) is 0. The van der Waals surface area contributed by atoms with Gasteiger partial charge < -0.3 is 5.32 Å². The molecule has 2 rings (SSSR count). The van der Waals surface area contributed by atoms with Crippen LogP contribution < -0.4 is 5.32 Å². The molecule has 0 fully saturated rings. The van der Waals surface area contributed by atoms with Crippen LogP contribution in [0.5, 0.6) is 0 Å². The lowest BCUT2D eigenvalue weighted by Crippen LogP contribution is -2.02. The third-order valence-electron chi connectivity index (χ3n) is 2.52. The van der Waals surface area contributed by atoms with Crippen LogP contribution in [0.2, 0.25) is 15.1 Å². The van der Waals surface area contributed by atoms with Gasteiger partial charge in [-0.05, 0) is 46.3 Å². The van der Waals surface area contributed by atoms with Crippen molar-refractivity contribution >= 4 is 56.4 Å². The molecule has 0 aliphatic carbocycles. The molecular formula is C13H8BrCl3FN. The first kappa shape index (κ1) is 14.9. The van der Waals surface area contributed by atoms with Crippen LogP contribution in [0.4, 0.5) is 10.1 Å². The molecule has 0 aliphatic rings. The van der Waals surface area contributed by atoms with Crippen molar-refractivity contribution in [1.82, 2.24) is 0 Å². The number of benzene rings is 2. The molecule has 1 nitrogen and oxygen atoms in total. The Morgan fingerprint density at radius 1 is 1.05 bits per heavy atom. The minimum Gasteiger partial charge on any atom is -0.380 e. The summed E-state index contributed by atoms with van der Waals surface area (Å²) in [7, 11) is 0. The van der Waals surface area contributed by atoms with Gasteiger partial charge in [-0.2, -0.15) is 0 Å². The fourth-order valence-electron chi connectivity index (χ4n) is 1.55. The molecule has 0 amide bonds. The normalized spacial score (nSPS) is 10.6. The van der Waals surface area contributed by atoms with Crippen LogP contribution in [-0.2, 0) is 6.54 Å². The highest BCUT2D eigenvalue weighted by Gasteiger charge is 2.10. The summed E-state index contributed by atoms with van der Waals surface area (Å²) in [4.78, 5) is 0. The molecule has 6 heteroatoms. The lowest BCUT2D eigenvalue weighted by molar-refractivity contribution is 0.628. The van der Waals surface area contributed by atoms with Crippen LogP contribution in [0.1, 0.15) is 5.56 Å². The Labute approximate surface area is 133 Å². The fraction of sp³-hybridized carbons (Fsp3) is 0.0769. The highest BCUT2D eigenvalue weighted by Crippen LogP contribution is 2.32. The maximum atomic E-state index is 13.2. The van der Waals surface area contributed by atoms with Gasteiger partial charge in [0.2, 0.25) is 0 Å². The number of rotatable bonds is 3. The summed E-state index contributed by atoms with van der Waals surface area (Å²) in [6, 6.07) is 7.69. The largest absolute Gasteiger partial charge is 0.380 e. The van der Waals surface area contributed by atoms with Gasteiger partial charge in [0.05, 0.1) is 15.7 Å². The standard InChI is InChI=1S/C13H8BrCl3FN/c14-9-2-1-7(18)5-12(9)19-6-8-10(15)3-4-11(16)13(8)17/h1-5,19H,6H2. The topological polar surface area (TPSA) is 12.0 Å². The molecule has 0 aromatic heterocycles. The SMILES string of the molecule is Fc1ccc(Br)c(NCc2c(Cl)ccc(Cl)c2Cl)c1. The highest BCUT2D eigenvalue weighted by atomic mass is 79.9. The first-order valence-corrected chi connectivity index (χ1v) is 7.23. The molecule has 0 aliphatic heterocycles. The van der Waals surface area contributed by atoms with E-state index < -0.39 is 0 Å². The Morgan fingerprint density at radius 2 is 1.74 bits per heavy atom. The van der Waals surface area contributed by atoms with Gasteiger partial charge in [-0.3, -0.25) is 0 Å². The van der Waals surface area contributed by atoms with E-state index in [-0.39, 0.29) is 5.82 Å². The maximum Gasteiger partial charge on any atom is 0.125 e. The monoisotopic (exact) mass is 381 g/mol. The van der Waals surface area contributed by atoms with Gasteiger partial charge in [-0.15, -0.1) is 0 Å². The van der Waals surface area contributed by atoms with Gasteiger partial charge in [0.25, 0.3) is 0 Å². The fourth-order valence-corrected chi connectivity index (χ4v) is 2.62. The van der Waals surface area contributed by atoms with E-state index in [0.29, 0.717) is 32.9 Å². The van der Waals surface area contributed by atoms with E-state index >= 15 is 0 Å². The zero-order valence-corrected chi connectivity index (χ0v) is 13.3. The van der Waals surface area contributed by atoms with E-state index in [2.05, 4.69) is 21.2 Å². The summed E-state index contributed by atoms with van der Waals surface area (Å²) in [5, 5.41) is 4.40. The van der Waals surface area contributed by atoms with Gasteiger partial charge in [-0.1, -0.05) is 34.8 Å². The van der Waals surface area contributed by atoms with Crippen LogP contribution in [0.15, 0.2) is 34.8 Å². The zero-order valence-electron chi connectivity index (χ0n) is 9.48. The second-order valence-corrected chi connectivity index (χ2v) is 5.85. The van der Waals surface area contributed by atoms with Gasteiger partial charge >= 0.3 is 0 Å². The molecule has 100 valence electrons. The van der Waals surface area contributed by atoms with Crippen molar-refractivity contribution in [2.75, 3.05) is 5.32 Å². The van der Waals surface area contributed by atoms with Crippen LogP contribution in [0.3, 0.4) is 0 Å². The Hall–Kier alpha value is -0.480. The lowest BCUT2D eigenvalue weighted by atomic mass is 10.2. The molecule has 19 heavy (non-hydrogen) atoms. The van der Waals surface area contributed by atoms with Crippen molar-refractivity contribution in [1.29, 1.82) is 0 Å². The second-order valence-electron chi connectivity index (χ2n) is 3.80. The molecule has 1 N–H and O–H groups in total. The number of nitrogens with one attached hydrogen (secondary N) is 1. The van der Waals surface area contributed by atoms with Crippen LogP contribution in [0, 0.1) is 5.82 Å². The van der Waals surface area contributed by atoms with Crippen molar-refractivity contribution in [3.05, 3.63) is 61.3 Å². The number of halogens is 5. The molecule has 2 aromatic rings. The van der Waals surface area contributed by atoms with E-state index in [1.54, 1.807) is 18.2 Å². The van der Waals surface area contributed by atoms with Crippen molar-refractivity contribution in [3.63, 3.8) is 0 Å². The third kappa shape index (κ3) is 3.54. The molecule has 0 saturated carbocycles. The number of hydrogen-bond donors (Lipinski definition) is 1. The number of hydrogen-bond acceptors (Lipinski definition) is 1. The minimum absolute atomic E-state index is 0.325. The molecule has 0 atom stereocenters. The molecular weight excluding hydrogens is 375 g/mol. The molecule has 0 spiro atoms. The molecule has 0 bridgehead atoms. The molecule has 0 unspecified atom stereocenters. The van der Waals surface area contributed by atoms with E-state index in [1.165, 1.54) is 12.1 Å². The second kappa shape index (κ2) is 6.31. The summed E-state index contributed by atoms with van der Waals surface area (Å²) in [5.74, 6) is -0.325. The predicted molar refractivity (Wildman–Crippen MR) is 82.9 cm³/mol. The van der Waals surface area contributed by atoms with Gasteiger partial charge in [0.15, 0.2) is 0 Å². The first-order valence-electron chi connectivity index (χ1n) is 5.30. The van der Waals surface area contributed by atoms with Crippen molar-refractivity contribution in [3.8, 4) is 0 Å². The first-order chi connectivity index (χ1) is 8.99. The molecule has 0 saturated heterocycles. The Kier molecular flexibility index (Phi) is 4.96. The Morgan fingerprint density at radius 3 is 2.47 bits per heavy atom. The smallest absolute Gasteiger partial charge is 0.125 e. The number of anilines is 1. The minimum atomic E-state index is -0.325. The van der Waals surface area contributed by atoms with Crippen molar-refractivity contribution < 1.29 is 4.39 Å². The van der Waals surface area contributed by atoms with E-state index in [0.717, 1.165) is 4.47 Å². The molecule has 0 radical (unpaired) electrons. The zero-order chi connectivity index (χ0) is 14.0. The van der Waals surface area contributed by atoms with Crippen molar-refractivity contribution in [2.45, 2.75) is 6.54 Å². The van der Waals surface area contributed by atoms with Gasteiger partial charge in [0, 0.05) is 21.6 Å². The Balaban J connectivity index is 2.24. The quantitative estimate of drug-likeness (QED) is 0.626. The average Bonchev–Trinajstić information content (AvgIpc) is 2.38. The van der Waals surface area contributed by atoms with Crippen LogP contribution in [0.25, 0.3) is 0 Å². The van der Waals surface area contributed by atoms with E-state index in [1.807, 2.05) is 0 Å². The highest BCUT2D eigenvalue weighted by molar-refractivity contribution is 9.10. The summed E-state index contributed by atoms with van der Waals surface area (Å²) < 4.78 is 13.9. The van der Waals surface area contributed by atoms with Crippen molar-refractivity contribution in [2.24, 2.45) is 0 Å². The lowest BCUT2D eigenvalue weighted by Gasteiger charge is -2.12. The maximum absolute atomic E-state index is 13.2. The summed E-state index contributed by atoms with van der Waals surface area (Å²) in [5.41, 5.74) is 1.29.